The van der Waals surface area contributed by atoms with Crippen LogP contribution in [0.5, 0.6) is 0 Å². The summed E-state index contributed by atoms with van der Waals surface area (Å²) in [7, 11) is 0. The zero-order valence-electron chi connectivity index (χ0n) is 11.0. The summed E-state index contributed by atoms with van der Waals surface area (Å²) in [4.78, 5) is 0. The van der Waals surface area contributed by atoms with Gasteiger partial charge in [0.05, 0.1) is 23.8 Å². The monoisotopic (exact) mass is 346 g/mol. The zero-order valence-corrected chi connectivity index (χ0v) is 12.6. The lowest BCUT2D eigenvalue weighted by Gasteiger charge is -2.12. The summed E-state index contributed by atoms with van der Waals surface area (Å²) in [5.74, 6) is -0.250. The second kappa shape index (κ2) is 6.05. The van der Waals surface area contributed by atoms with E-state index < -0.39 is 0 Å². The maximum Gasteiger partial charge on any atom is 0.123 e. The van der Waals surface area contributed by atoms with Crippen molar-refractivity contribution in [2.75, 3.05) is 5.32 Å². The van der Waals surface area contributed by atoms with E-state index >= 15 is 0 Å². The first kappa shape index (κ1) is 13.8. The first-order valence-electron chi connectivity index (χ1n) is 6.37. The highest BCUT2D eigenvalue weighted by atomic mass is 79.9. The minimum absolute atomic E-state index is 0.250. The van der Waals surface area contributed by atoms with Gasteiger partial charge < -0.3 is 5.32 Å². The Labute approximate surface area is 129 Å². The average Bonchev–Trinajstić information content (AvgIpc) is 3.03. The Bertz CT molecular complexity index is 743. The van der Waals surface area contributed by atoms with E-state index in [2.05, 4.69) is 31.6 Å². The molecule has 0 spiro atoms. The molecule has 0 fully saturated rings. The third-order valence-corrected chi connectivity index (χ3v) is 3.82. The SMILES string of the molecule is Fc1ccc(Br)c(CNc2ccccc2-n2ccnn2)c1. The van der Waals surface area contributed by atoms with Crippen molar-refractivity contribution in [2.45, 2.75) is 6.54 Å². The molecular weight excluding hydrogens is 335 g/mol. The summed E-state index contributed by atoms with van der Waals surface area (Å²) in [6, 6.07) is 12.4. The molecule has 0 saturated carbocycles. The van der Waals surface area contributed by atoms with Gasteiger partial charge in [-0.1, -0.05) is 33.3 Å². The molecule has 6 heteroatoms. The van der Waals surface area contributed by atoms with Crippen LogP contribution < -0.4 is 5.32 Å². The molecule has 106 valence electrons. The van der Waals surface area contributed by atoms with Gasteiger partial charge in [-0.05, 0) is 35.9 Å². The summed E-state index contributed by atoms with van der Waals surface area (Å²) in [6.07, 6.45) is 3.40. The molecule has 0 aliphatic rings. The number of halogens is 2. The lowest BCUT2D eigenvalue weighted by molar-refractivity contribution is 0.625. The van der Waals surface area contributed by atoms with E-state index in [4.69, 9.17) is 0 Å². The van der Waals surface area contributed by atoms with E-state index in [0.29, 0.717) is 6.54 Å². The van der Waals surface area contributed by atoms with Gasteiger partial charge in [-0.25, -0.2) is 9.07 Å². The Morgan fingerprint density at radius 1 is 1.19 bits per heavy atom. The summed E-state index contributed by atoms with van der Waals surface area (Å²) in [5, 5.41) is 11.1. The van der Waals surface area contributed by atoms with Crippen LogP contribution in [0.2, 0.25) is 0 Å². The molecule has 0 unspecified atom stereocenters. The Morgan fingerprint density at radius 2 is 2.05 bits per heavy atom. The molecule has 0 amide bonds. The number of hydrogen-bond donors (Lipinski definition) is 1. The van der Waals surface area contributed by atoms with Crippen LogP contribution in [0, 0.1) is 5.82 Å². The summed E-state index contributed by atoms with van der Waals surface area (Å²) in [5.41, 5.74) is 2.64. The van der Waals surface area contributed by atoms with Crippen LogP contribution in [0.3, 0.4) is 0 Å². The molecule has 0 saturated heterocycles. The molecule has 1 N–H and O–H groups in total. The maximum atomic E-state index is 13.3. The third kappa shape index (κ3) is 3.11. The normalized spacial score (nSPS) is 10.6. The Kier molecular flexibility index (Phi) is 3.96. The number of hydrogen-bond acceptors (Lipinski definition) is 3. The molecule has 0 aliphatic heterocycles. The van der Waals surface area contributed by atoms with Crippen LogP contribution in [0.1, 0.15) is 5.56 Å². The fourth-order valence-electron chi connectivity index (χ4n) is 2.03. The maximum absolute atomic E-state index is 13.3. The van der Waals surface area contributed by atoms with Crippen molar-refractivity contribution in [1.29, 1.82) is 0 Å². The van der Waals surface area contributed by atoms with E-state index in [9.17, 15) is 4.39 Å². The van der Waals surface area contributed by atoms with Gasteiger partial charge in [0.25, 0.3) is 0 Å². The topological polar surface area (TPSA) is 42.7 Å². The number of benzene rings is 2. The molecule has 2 aromatic carbocycles. The highest BCUT2D eigenvalue weighted by Crippen LogP contribution is 2.22. The van der Waals surface area contributed by atoms with Crippen LogP contribution in [-0.2, 0) is 6.54 Å². The fraction of sp³-hybridized carbons (Fsp3) is 0.0667. The Morgan fingerprint density at radius 3 is 2.86 bits per heavy atom. The molecule has 4 nitrogen and oxygen atoms in total. The van der Waals surface area contributed by atoms with Gasteiger partial charge in [0.1, 0.15) is 5.82 Å². The van der Waals surface area contributed by atoms with Crippen LogP contribution in [0.4, 0.5) is 10.1 Å². The Balaban J connectivity index is 1.84. The molecule has 0 bridgehead atoms. The van der Waals surface area contributed by atoms with Crippen LogP contribution in [0.15, 0.2) is 59.3 Å². The molecule has 3 rings (SSSR count). The smallest absolute Gasteiger partial charge is 0.123 e. The molecule has 0 atom stereocenters. The highest BCUT2D eigenvalue weighted by molar-refractivity contribution is 9.10. The lowest BCUT2D eigenvalue weighted by atomic mass is 10.2. The van der Waals surface area contributed by atoms with Crippen molar-refractivity contribution in [3.8, 4) is 5.69 Å². The van der Waals surface area contributed by atoms with Crippen LogP contribution in [-0.4, -0.2) is 15.0 Å². The van der Waals surface area contributed by atoms with Gasteiger partial charge in [-0.3, -0.25) is 0 Å². The number of nitrogens with one attached hydrogen (secondary N) is 1. The lowest BCUT2D eigenvalue weighted by Crippen LogP contribution is -2.05. The van der Waals surface area contributed by atoms with Crippen molar-refractivity contribution >= 4 is 21.6 Å². The molecule has 3 aromatic rings. The van der Waals surface area contributed by atoms with Gasteiger partial charge in [0.2, 0.25) is 0 Å². The number of rotatable bonds is 4. The average molecular weight is 347 g/mol. The Hall–Kier alpha value is -2.21. The van der Waals surface area contributed by atoms with Crippen LogP contribution in [0.25, 0.3) is 5.69 Å². The van der Waals surface area contributed by atoms with Crippen LogP contribution >= 0.6 is 15.9 Å². The van der Waals surface area contributed by atoms with E-state index in [1.807, 2.05) is 24.3 Å². The van der Waals surface area contributed by atoms with E-state index in [-0.39, 0.29) is 5.82 Å². The minimum atomic E-state index is -0.250. The number of nitrogens with zero attached hydrogens (tertiary/aromatic N) is 3. The van der Waals surface area contributed by atoms with Crippen molar-refractivity contribution in [3.63, 3.8) is 0 Å². The molecule has 1 aromatic heterocycles. The molecular formula is C15H12BrFN4. The van der Waals surface area contributed by atoms with Gasteiger partial charge in [-0.15, -0.1) is 5.10 Å². The highest BCUT2D eigenvalue weighted by Gasteiger charge is 2.06. The van der Waals surface area contributed by atoms with E-state index in [1.165, 1.54) is 12.1 Å². The predicted molar refractivity (Wildman–Crippen MR) is 82.8 cm³/mol. The van der Waals surface area contributed by atoms with Crippen molar-refractivity contribution < 1.29 is 4.39 Å². The van der Waals surface area contributed by atoms with Gasteiger partial charge in [0, 0.05) is 11.0 Å². The van der Waals surface area contributed by atoms with E-state index in [0.717, 1.165) is 21.4 Å². The molecule has 0 radical (unpaired) electrons. The first-order chi connectivity index (χ1) is 10.2. The van der Waals surface area contributed by atoms with E-state index in [1.54, 1.807) is 23.1 Å². The van der Waals surface area contributed by atoms with Crippen molar-refractivity contribution in [3.05, 3.63) is 70.7 Å². The fourth-order valence-corrected chi connectivity index (χ4v) is 2.42. The standard InChI is InChI=1S/C15H12BrFN4/c16-13-6-5-12(17)9-11(13)10-18-14-3-1-2-4-15(14)21-8-7-19-20-21/h1-9,18H,10H2. The summed E-state index contributed by atoms with van der Waals surface area (Å²) >= 11 is 3.43. The van der Waals surface area contributed by atoms with Gasteiger partial charge >= 0.3 is 0 Å². The second-order valence-corrected chi connectivity index (χ2v) is 5.31. The van der Waals surface area contributed by atoms with Crippen molar-refractivity contribution in [1.82, 2.24) is 15.0 Å². The minimum Gasteiger partial charge on any atom is -0.379 e. The number of anilines is 1. The third-order valence-electron chi connectivity index (χ3n) is 3.05. The largest absolute Gasteiger partial charge is 0.379 e. The second-order valence-electron chi connectivity index (χ2n) is 4.45. The van der Waals surface area contributed by atoms with Gasteiger partial charge in [-0.2, -0.15) is 0 Å². The molecule has 21 heavy (non-hydrogen) atoms. The van der Waals surface area contributed by atoms with Crippen molar-refractivity contribution in [2.24, 2.45) is 0 Å². The molecule has 1 heterocycles. The van der Waals surface area contributed by atoms with Gasteiger partial charge in [0.15, 0.2) is 0 Å². The summed E-state index contributed by atoms with van der Waals surface area (Å²) in [6.45, 7) is 0.504. The predicted octanol–water partition coefficient (Wildman–Crippen LogP) is 3.78. The number of para-hydroxylation sites is 2. The zero-order chi connectivity index (χ0) is 14.7. The quantitative estimate of drug-likeness (QED) is 0.781. The first-order valence-corrected chi connectivity index (χ1v) is 7.17. The molecule has 0 aliphatic carbocycles. The summed E-state index contributed by atoms with van der Waals surface area (Å²) < 4.78 is 15.9. The number of aromatic nitrogens is 3.